The third-order valence-electron chi connectivity index (χ3n) is 5.22. The Bertz CT molecular complexity index is 715. The maximum Gasteiger partial charge on any atom is 0.313 e. The molecule has 6 nitrogen and oxygen atoms in total. The van der Waals surface area contributed by atoms with Gasteiger partial charge in [0.1, 0.15) is 11.2 Å². The molecule has 142 valence electrons. The summed E-state index contributed by atoms with van der Waals surface area (Å²) in [7, 11) is 1.45. The van der Waals surface area contributed by atoms with Gasteiger partial charge in [0.15, 0.2) is 0 Å². The van der Waals surface area contributed by atoms with Gasteiger partial charge in [-0.25, -0.2) is 4.39 Å². The fraction of sp³-hybridized carbons (Fsp3) is 0.556. The molecular formula is C18H21ClFNO5. The lowest BCUT2D eigenvalue weighted by molar-refractivity contribution is -0.152. The second-order valence-electron chi connectivity index (χ2n) is 6.89. The highest BCUT2D eigenvalue weighted by molar-refractivity contribution is 6.30. The Morgan fingerprint density at radius 2 is 2.27 bits per heavy atom. The van der Waals surface area contributed by atoms with Crippen LogP contribution in [-0.2, 0) is 19.1 Å². The van der Waals surface area contributed by atoms with Crippen LogP contribution in [0.1, 0.15) is 24.5 Å². The molecule has 2 saturated heterocycles. The lowest BCUT2D eigenvalue weighted by atomic mass is 9.88. The molecule has 2 aliphatic heterocycles. The van der Waals surface area contributed by atoms with Crippen LogP contribution in [0.3, 0.4) is 0 Å². The summed E-state index contributed by atoms with van der Waals surface area (Å²) in [6.45, 7) is 0.903. The van der Waals surface area contributed by atoms with Crippen LogP contribution in [0.5, 0.6) is 0 Å². The molecule has 1 N–H and O–H groups in total. The number of amides is 1. The first-order valence-electron chi connectivity index (χ1n) is 8.45. The topological polar surface area (TPSA) is 76.1 Å². The summed E-state index contributed by atoms with van der Waals surface area (Å²) in [5.74, 6) is -2.16. The number of methoxy groups -OCH3 is 1. The summed E-state index contributed by atoms with van der Waals surface area (Å²) in [5, 5.41) is 9.56. The number of halogens is 2. The zero-order valence-electron chi connectivity index (χ0n) is 14.4. The van der Waals surface area contributed by atoms with Gasteiger partial charge in [-0.2, -0.15) is 0 Å². The fourth-order valence-corrected chi connectivity index (χ4v) is 3.90. The Morgan fingerprint density at radius 3 is 2.92 bits per heavy atom. The third kappa shape index (κ3) is 3.43. The van der Waals surface area contributed by atoms with Gasteiger partial charge in [0.25, 0.3) is 0 Å². The number of ether oxygens (including phenoxy) is 2. The first-order valence-corrected chi connectivity index (χ1v) is 8.83. The minimum Gasteiger partial charge on any atom is -0.481 e. The summed E-state index contributed by atoms with van der Waals surface area (Å²) < 4.78 is 24.5. The van der Waals surface area contributed by atoms with E-state index in [2.05, 4.69) is 0 Å². The number of nitrogens with zero attached hydrogens (tertiary/aromatic N) is 1. The first kappa shape index (κ1) is 19.1. The van der Waals surface area contributed by atoms with E-state index in [1.807, 2.05) is 0 Å². The molecule has 2 aliphatic rings. The van der Waals surface area contributed by atoms with Crippen LogP contribution in [0.15, 0.2) is 18.2 Å². The van der Waals surface area contributed by atoms with Gasteiger partial charge >= 0.3 is 5.97 Å². The van der Waals surface area contributed by atoms with Gasteiger partial charge in [-0.15, -0.1) is 0 Å². The molecule has 0 saturated carbocycles. The number of carboxylic acids is 1. The summed E-state index contributed by atoms with van der Waals surface area (Å²) in [6, 6.07) is 4.38. The third-order valence-corrected chi connectivity index (χ3v) is 5.53. The predicted octanol–water partition coefficient (Wildman–Crippen LogP) is 2.51. The van der Waals surface area contributed by atoms with Crippen molar-refractivity contribution in [2.45, 2.75) is 18.9 Å². The van der Waals surface area contributed by atoms with E-state index >= 15 is 0 Å². The highest BCUT2D eigenvalue weighted by Gasteiger charge is 2.48. The fourth-order valence-electron chi connectivity index (χ4n) is 3.79. The van der Waals surface area contributed by atoms with Gasteiger partial charge in [0.2, 0.25) is 5.91 Å². The van der Waals surface area contributed by atoms with Gasteiger partial charge in [0.05, 0.1) is 23.7 Å². The monoisotopic (exact) mass is 385 g/mol. The predicted molar refractivity (Wildman–Crippen MR) is 91.4 cm³/mol. The van der Waals surface area contributed by atoms with Crippen LogP contribution >= 0.6 is 11.6 Å². The number of carbonyl (C=O) groups excluding carboxylic acids is 1. The van der Waals surface area contributed by atoms with Gasteiger partial charge in [-0.1, -0.05) is 17.7 Å². The van der Waals surface area contributed by atoms with Crippen molar-refractivity contribution in [3.8, 4) is 0 Å². The number of hydrogen-bond donors (Lipinski definition) is 1. The normalized spacial score (nSPS) is 28.5. The van der Waals surface area contributed by atoms with E-state index in [1.165, 1.54) is 19.2 Å². The summed E-state index contributed by atoms with van der Waals surface area (Å²) in [5.41, 5.74) is -0.519. The van der Waals surface area contributed by atoms with E-state index in [0.29, 0.717) is 31.6 Å². The van der Waals surface area contributed by atoms with E-state index in [1.54, 1.807) is 11.0 Å². The zero-order valence-corrected chi connectivity index (χ0v) is 15.2. The van der Waals surface area contributed by atoms with Gasteiger partial charge < -0.3 is 19.5 Å². The molecule has 8 heteroatoms. The molecule has 3 rings (SSSR count). The average Bonchev–Trinajstić information content (AvgIpc) is 3.25. The zero-order chi connectivity index (χ0) is 18.9. The summed E-state index contributed by atoms with van der Waals surface area (Å²) >= 11 is 5.72. The van der Waals surface area contributed by atoms with Gasteiger partial charge in [0, 0.05) is 26.8 Å². The Morgan fingerprint density at radius 1 is 1.50 bits per heavy atom. The number of carbonyl (C=O) groups is 2. The Labute approximate surface area is 155 Å². The quantitative estimate of drug-likeness (QED) is 0.842. The minimum absolute atomic E-state index is 0.0139. The van der Waals surface area contributed by atoms with Gasteiger partial charge in [-0.05, 0) is 30.5 Å². The van der Waals surface area contributed by atoms with Crippen molar-refractivity contribution >= 4 is 23.5 Å². The molecule has 26 heavy (non-hydrogen) atoms. The molecule has 0 aromatic heterocycles. The Balaban J connectivity index is 1.76. The Hall–Kier alpha value is -1.70. The molecule has 1 aromatic rings. The lowest BCUT2D eigenvalue weighted by Gasteiger charge is -2.27. The maximum absolute atomic E-state index is 13.8. The second kappa shape index (κ2) is 7.50. The molecule has 0 bridgehead atoms. The molecule has 2 fully saturated rings. The number of hydrogen-bond acceptors (Lipinski definition) is 4. The number of benzene rings is 1. The molecule has 1 unspecified atom stereocenters. The number of rotatable bonds is 5. The van der Waals surface area contributed by atoms with Crippen LogP contribution in [0.4, 0.5) is 4.39 Å². The summed E-state index contributed by atoms with van der Waals surface area (Å²) in [4.78, 5) is 26.2. The molecule has 0 radical (unpaired) electrons. The van der Waals surface area contributed by atoms with Crippen molar-refractivity contribution in [3.05, 3.63) is 34.6 Å². The van der Waals surface area contributed by atoms with Crippen molar-refractivity contribution < 1.29 is 28.6 Å². The van der Waals surface area contributed by atoms with E-state index < -0.39 is 29.2 Å². The van der Waals surface area contributed by atoms with Crippen LogP contribution in [0, 0.1) is 17.2 Å². The van der Waals surface area contributed by atoms with Crippen LogP contribution in [-0.4, -0.2) is 55.3 Å². The number of carboxylic acid groups (broad SMARTS) is 1. The average molecular weight is 386 g/mol. The molecule has 2 heterocycles. The van der Waals surface area contributed by atoms with Crippen molar-refractivity contribution in [1.29, 1.82) is 0 Å². The number of aliphatic carboxylic acids is 1. The molecule has 1 aromatic carbocycles. The smallest absolute Gasteiger partial charge is 0.313 e. The van der Waals surface area contributed by atoms with E-state index in [0.717, 1.165) is 0 Å². The molecule has 0 spiro atoms. The van der Waals surface area contributed by atoms with E-state index in [9.17, 15) is 19.1 Å². The molecule has 1 amide bonds. The van der Waals surface area contributed by atoms with Crippen molar-refractivity contribution in [2.75, 3.05) is 33.4 Å². The molecule has 3 atom stereocenters. The molecule has 0 aliphatic carbocycles. The highest BCUT2D eigenvalue weighted by atomic mass is 35.5. The van der Waals surface area contributed by atoms with Gasteiger partial charge in [-0.3, -0.25) is 9.59 Å². The molecular weight excluding hydrogens is 365 g/mol. The van der Waals surface area contributed by atoms with Crippen LogP contribution < -0.4 is 0 Å². The summed E-state index contributed by atoms with van der Waals surface area (Å²) in [6.07, 6.45) is 0.293. The first-order chi connectivity index (χ1) is 12.4. The highest BCUT2D eigenvalue weighted by Crippen LogP contribution is 2.39. The Kier molecular flexibility index (Phi) is 5.50. The number of likely N-dealkylation sites (tertiary alicyclic amines) is 1. The van der Waals surface area contributed by atoms with E-state index in [-0.39, 0.29) is 24.1 Å². The van der Waals surface area contributed by atoms with Crippen molar-refractivity contribution in [2.24, 2.45) is 11.3 Å². The second-order valence-corrected chi connectivity index (χ2v) is 7.30. The SMILES string of the molecule is COCC1(C(=O)O)CCN(C(=O)[C@@H]2CCO[C@H]2c2ccc(Cl)c(F)c2)C1. The van der Waals surface area contributed by atoms with Crippen molar-refractivity contribution in [1.82, 2.24) is 4.90 Å². The standard InChI is InChI=1S/C18H21ClFNO5/c1-25-10-18(17(23)24)5-6-21(9-18)16(22)12-4-7-26-15(12)11-2-3-13(19)14(20)8-11/h2-3,8,12,15H,4-7,9-10H2,1H3,(H,23,24)/t12-,15+,18?/m1/s1. The largest absolute Gasteiger partial charge is 0.481 e. The van der Waals surface area contributed by atoms with E-state index in [4.69, 9.17) is 21.1 Å². The minimum atomic E-state index is -1.08. The maximum atomic E-state index is 13.8. The van der Waals surface area contributed by atoms with Crippen LogP contribution in [0.2, 0.25) is 5.02 Å². The van der Waals surface area contributed by atoms with Crippen molar-refractivity contribution in [3.63, 3.8) is 0 Å². The van der Waals surface area contributed by atoms with Crippen LogP contribution in [0.25, 0.3) is 0 Å². The lowest BCUT2D eigenvalue weighted by Crippen LogP contribution is -2.42.